The van der Waals surface area contributed by atoms with Crippen LogP contribution in [-0.2, 0) is 35.0 Å². The molecule has 5 aromatic carbocycles. The molecular weight excluding hydrogens is 931 g/mol. The summed E-state index contributed by atoms with van der Waals surface area (Å²) in [5.41, 5.74) is 9.80. The van der Waals surface area contributed by atoms with Crippen molar-refractivity contribution in [3.05, 3.63) is 149 Å². The molecule has 388 valence electrons. The Balaban J connectivity index is 0.000000240. The number of benzene rings is 5. The molecule has 0 aliphatic heterocycles. The largest absolute Gasteiger partial charge is 0.481 e. The van der Waals surface area contributed by atoms with Crippen molar-refractivity contribution in [2.24, 2.45) is 11.8 Å². The zero-order chi connectivity index (χ0) is 53.1. The second-order valence-corrected chi connectivity index (χ2v) is 19.3. The number of hydrogen-bond donors (Lipinski definition) is 6. The standard InChI is InChI=1S/C29H30N2O6.C22H25NO4.C7H14O2/c1-29(2,3)37-28(35)31-25(26(32)33)16-18-12-14-19(15-13-18)30-27(34)36-17-24-22-10-6-4-8-20(22)21-9-5-7-11-23(21)24;1-15(21(24)25)8-6-7-13-23-22(26)27-14-20-18-11-4-2-9-16(18)17-10-3-5-12-19(17)20;1-3-4-5-6(2)7(8)9/h4-15,24-25H,16-17H2,1-3H3,(H,30,34)(H,31,35)(H,32,33);2-5,9-12,15,20H,6-8,13-14H2,1H3,(H,23,26)(H,24,25);6H,3-5H2,1-2H3,(H,8,9)/t25-;15-;6-/m111/s1. The maximum absolute atomic E-state index is 12.5. The highest BCUT2D eigenvalue weighted by Crippen LogP contribution is 2.45. The molecule has 5 aromatic rings. The molecule has 0 aromatic heterocycles. The Morgan fingerprint density at radius 1 is 0.548 bits per heavy atom. The van der Waals surface area contributed by atoms with E-state index in [1.165, 1.54) is 22.3 Å². The monoisotopic (exact) mass is 999 g/mol. The van der Waals surface area contributed by atoms with E-state index in [9.17, 15) is 33.9 Å². The molecule has 0 bridgehead atoms. The van der Waals surface area contributed by atoms with Crippen molar-refractivity contribution < 1.29 is 58.3 Å². The summed E-state index contributed by atoms with van der Waals surface area (Å²) in [4.78, 5) is 69.1. The van der Waals surface area contributed by atoms with Crippen LogP contribution in [0.4, 0.5) is 20.1 Å². The predicted molar refractivity (Wildman–Crippen MR) is 280 cm³/mol. The van der Waals surface area contributed by atoms with Gasteiger partial charge in [0.1, 0.15) is 24.9 Å². The van der Waals surface area contributed by atoms with E-state index < -0.39 is 47.8 Å². The molecule has 15 heteroatoms. The molecule has 2 aliphatic rings. The molecule has 0 unspecified atom stereocenters. The molecule has 7 rings (SSSR count). The van der Waals surface area contributed by atoms with E-state index in [4.69, 9.17) is 24.4 Å². The molecule has 0 saturated heterocycles. The molecule has 0 radical (unpaired) electrons. The minimum Gasteiger partial charge on any atom is -0.481 e. The van der Waals surface area contributed by atoms with E-state index in [0.29, 0.717) is 30.8 Å². The predicted octanol–water partition coefficient (Wildman–Crippen LogP) is 11.9. The number of carboxylic acids is 3. The van der Waals surface area contributed by atoms with Crippen LogP contribution in [0.5, 0.6) is 0 Å². The summed E-state index contributed by atoms with van der Waals surface area (Å²) in [5, 5.41) is 34.6. The van der Waals surface area contributed by atoms with Crippen molar-refractivity contribution >= 4 is 41.9 Å². The first kappa shape index (κ1) is 56.2. The zero-order valence-corrected chi connectivity index (χ0v) is 42.5. The molecule has 15 nitrogen and oxygen atoms in total. The van der Waals surface area contributed by atoms with Crippen LogP contribution in [0.15, 0.2) is 121 Å². The quantitative estimate of drug-likeness (QED) is 0.0335. The summed E-state index contributed by atoms with van der Waals surface area (Å²) in [6, 6.07) is 38.2. The molecule has 0 saturated carbocycles. The van der Waals surface area contributed by atoms with E-state index >= 15 is 0 Å². The Kier molecular flexibility index (Phi) is 21.0. The first-order chi connectivity index (χ1) is 34.9. The Morgan fingerprint density at radius 3 is 1.38 bits per heavy atom. The average molecular weight is 1000 g/mol. The van der Waals surface area contributed by atoms with Gasteiger partial charge in [-0.1, -0.05) is 149 Å². The number of hydrogen-bond acceptors (Lipinski definition) is 9. The van der Waals surface area contributed by atoms with Gasteiger partial charge < -0.3 is 40.2 Å². The molecule has 3 atom stereocenters. The number of carboxylic acid groups (broad SMARTS) is 3. The van der Waals surface area contributed by atoms with Crippen LogP contribution in [0.2, 0.25) is 0 Å². The van der Waals surface area contributed by atoms with Crippen LogP contribution < -0.4 is 16.0 Å². The zero-order valence-electron chi connectivity index (χ0n) is 42.5. The first-order valence-corrected chi connectivity index (χ1v) is 24.8. The fourth-order valence-electron chi connectivity index (χ4n) is 8.53. The van der Waals surface area contributed by atoms with Gasteiger partial charge >= 0.3 is 36.2 Å². The number of carbonyl (C=O) groups is 6. The van der Waals surface area contributed by atoms with Crippen LogP contribution in [0.25, 0.3) is 22.3 Å². The van der Waals surface area contributed by atoms with Gasteiger partial charge in [0.05, 0.1) is 11.8 Å². The lowest BCUT2D eigenvalue weighted by molar-refractivity contribution is -0.142. The van der Waals surface area contributed by atoms with Gasteiger partial charge in [0.2, 0.25) is 0 Å². The summed E-state index contributed by atoms with van der Waals surface area (Å²) in [7, 11) is 0. The number of unbranched alkanes of at least 4 members (excludes halogenated alkanes) is 2. The fraction of sp³-hybridized carbons (Fsp3) is 0.379. The van der Waals surface area contributed by atoms with E-state index in [1.54, 1.807) is 58.9 Å². The third-order valence-electron chi connectivity index (χ3n) is 12.5. The van der Waals surface area contributed by atoms with Crippen LogP contribution >= 0.6 is 0 Å². The maximum atomic E-state index is 12.5. The van der Waals surface area contributed by atoms with Gasteiger partial charge in [0, 0.05) is 30.5 Å². The molecule has 0 spiro atoms. The number of ether oxygens (including phenoxy) is 3. The maximum Gasteiger partial charge on any atom is 0.411 e. The Hall–Kier alpha value is -7.68. The number of aliphatic carboxylic acids is 3. The highest BCUT2D eigenvalue weighted by molar-refractivity contribution is 5.85. The molecule has 3 amide bonds. The van der Waals surface area contributed by atoms with Crippen LogP contribution in [0.1, 0.15) is 120 Å². The smallest absolute Gasteiger partial charge is 0.411 e. The summed E-state index contributed by atoms with van der Waals surface area (Å²) in [6.45, 7) is 11.6. The second kappa shape index (κ2) is 27.2. The number of anilines is 1. The summed E-state index contributed by atoms with van der Waals surface area (Å²) < 4.78 is 16.2. The number of rotatable bonds is 19. The van der Waals surface area contributed by atoms with Gasteiger partial charge in [-0.25, -0.2) is 19.2 Å². The van der Waals surface area contributed by atoms with E-state index in [2.05, 4.69) is 71.4 Å². The molecule has 0 fully saturated rings. The van der Waals surface area contributed by atoms with Crippen molar-refractivity contribution in [1.82, 2.24) is 10.6 Å². The van der Waals surface area contributed by atoms with Gasteiger partial charge in [-0.05, 0) is 102 Å². The second-order valence-electron chi connectivity index (χ2n) is 19.3. The number of carbonyl (C=O) groups excluding carboxylic acids is 3. The highest BCUT2D eigenvalue weighted by atomic mass is 16.6. The lowest BCUT2D eigenvalue weighted by atomic mass is 9.98. The normalized spacial score (nSPS) is 13.3. The number of alkyl carbamates (subject to hydrolysis) is 2. The molecule has 0 heterocycles. The molecule has 73 heavy (non-hydrogen) atoms. The number of nitrogens with one attached hydrogen (secondary N) is 3. The topological polar surface area (TPSA) is 227 Å². The SMILES string of the molecule is CC(C)(C)OC(=O)N[C@H](Cc1ccc(NC(=O)OCC2c3ccccc3-c3ccccc32)cc1)C(=O)O.CCCC[C@@H](C)C(=O)O.C[C@H](CCCCNC(=O)OCC1c2ccccc2-c2ccccc21)C(=O)O. The van der Waals surface area contributed by atoms with Crippen LogP contribution in [0.3, 0.4) is 0 Å². The molecule has 6 N–H and O–H groups in total. The lowest BCUT2D eigenvalue weighted by Gasteiger charge is -2.22. The Labute approximate surface area is 427 Å². The van der Waals surface area contributed by atoms with E-state index in [1.807, 2.05) is 48.5 Å². The van der Waals surface area contributed by atoms with Crippen molar-refractivity contribution in [3.8, 4) is 22.3 Å². The van der Waals surface area contributed by atoms with Crippen LogP contribution in [-0.4, -0.2) is 82.9 Å². The molecule has 2 aliphatic carbocycles. The van der Waals surface area contributed by atoms with Gasteiger partial charge in [0.15, 0.2) is 0 Å². The van der Waals surface area contributed by atoms with Crippen molar-refractivity contribution in [1.29, 1.82) is 0 Å². The highest BCUT2D eigenvalue weighted by Gasteiger charge is 2.31. The summed E-state index contributed by atoms with van der Waals surface area (Å²) >= 11 is 0. The first-order valence-electron chi connectivity index (χ1n) is 24.8. The van der Waals surface area contributed by atoms with E-state index in [-0.39, 0.29) is 36.7 Å². The van der Waals surface area contributed by atoms with E-state index in [0.717, 1.165) is 54.4 Å². The van der Waals surface area contributed by atoms with Crippen molar-refractivity contribution in [2.45, 2.75) is 110 Å². The summed E-state index contributed by atoms with van der Waals surface area (Å²) in [6.07, 6.45) is 3.28. The minimum atomic E-state index is -1.17. The molecular formula is C58H69N3O12. The van der Waals surface area contributed by atoms with Gasteiger partial charge in [-0.3, -0.25) is 14.9 Å². The van der Waals surface area contributed by atoms with Gasteiger partial charge in [-0.2, -0.15) is 0 Å². The van der Waals surface area contributed by atoms with Crippen molar-refractivity contribution in [3.63, 3.8) is 0 Å². The third kappa shape index (κ3) is 17.0. The minimum absolute atomic E-state index is 0.0362. The third-order valence-corrected chi connectivity index (χ3v) is 12.5. The number of amides is 3. The Bertz CT molecular complexity index is 2570. The summed E-state index contributed by atoms with van der Waals surface area (Å²) in [5.74, 6) is -3.12. The van der Waals surface area contributed by atoms with Gasteiger partial charge in [-0.15, -0.1) is 0 Å². The van der Waals surface area contributed by atoms with Gasteiger partial charge in [0.25, 0.3) is 0 Å². The lowest BCUT2D eigenvalue weighted by Crippen LogP contribution is -2.44. The Morgan fingerprint density at radius 2 is 0.973 bits per heavy atom. The van der Waals surface area contributed by atoms with Crippen molar-refractivity contribution in [2.75, 3.05) is 25.1 Å². The fourth-order valence-corrected chi connectivity index (χ4v) is 8.53. The average Bonchev–Trinajstić information content (AvgIpc) is 3.86. The van der Waals surface area contributed by atoms with Crippen LogP contribution in [0, 0.1) is 11.8 Å². The number of fused-ring (bicyclic) bond motifs is 6.